The van der Waals surface area contributed by atoms with Crippen LogP contribution in [0.3, 0.4) is 0 Å². The summed E-state index contributed by atoms with van der Waals surface area (Å²) < 4.78 is 57.5. The molecule has 10 heteroatoms. The lowest BCUT2D eigenvalue weighted by atomic mass is 10.2. The zero-order chi connectivity index (χ0) is 18.9. The first-order valence-corrected chi connectivity index (χ1v) is 7.88. The fourth-order valence-corrected chi connectivity index (χ4v) is 2.81. The number of fused-ring (bicyclic) bond motifs is 1. The standard InChI is InChI=1S/C16H13ClF4N4O/c1-9-6-10-12(26-16(19,20)21)3-2-11(18)15(10)25(9)5-4-22-14-7-13(17)23-8-24-14/h2-3,6-8H,4-5H2,1H3,(H,22,23,24). The predicted octanol–water partition coefficient (Wildman–Crippen LogP) is 4.54. The number of hydrogen-bond donors (Lipinski definition) is 1. The Labute approximate surface area is 150 Å². The van der Waals surface area contributed by atoms with Crippen LogP contribution >= 0.6 is 11.6 Å². The van der Waals surface area contributed by atoms with Gasteiger partial charge in [-0.2, -0.15) is 0 Å². The molecule has 0 saturated carbocycles. The van der Waals surface area contributed by atoms with Gasteiger partial charge in [-0.1, -0.05) is 11.6 Å². The Hall–Kier alpha value is -2.55. The summed E-state index contributed by atoms with van der Waals surface area (Å²) in [5, 5.41) is 3.33. The molecule has 1 N–H and O–H groups in total. The summed E-state index contributed by atoms with van der Waals surface area (Å²) in [6, 6.07) is 4.91. The second kappa shape index (κ2) is 6.99. The number of hydrogen-bond acceptors (Lipinski definition) is 4. The maximum Gasteiger partial charge on any atom is 0.573 e. The average Bonchev–Trinajstić information content (AvgIpc) is 2.87. The molecule has 0 atom stereocenters. The minimum atomic E-state index is -4.85. The molecule has 0 aliphatic carbocycles. The molecule has 3 aromatic rings. The lowest BCUT2D eigenvalue weighted by molar-refractivity contribution is -0.274. The Morgan fingerprint density at radius 1 is 1.23 bits per heavy atom. The molecule has 0 fully saturated rings. The third kappa shape index (κ3) is 3.98. The normalized spacial score (nSPS) is 11.8. The van der Waals surface area contributed by atoms with Gasteiger partial charge in [-0.3, -0.25) is 0 Å². The van der Waals surface area contributed by atoms with Gasteiger partial charge in [0, 0.05) is 30.2 Å². The SMILES string of the molecule is Cc1cc2c(OC(F)(F)F)ccc(F)c2n1CCNc1cc(Cl)ncn1. The van der Waals surface area contributed by atoms with E-state index in [1.165, 1.54) is 18.5 Å². The number of anilines is 1. The Kier molecular flexibility index (Phi) is 4.90. The van der Waals surface area contributed by atoms with E-state index in [9.17, 15) is 17.6 Å². The fraction of sp³-hybridized carbons (Fsp3) is 0.250. The van der Waals surface area contributed by atoms with Crippen molar-refractivity contribution in [3.8, 4) is 5.75 Å². The average molecular weight is 389 g/mol. The molecule has 3 rings (SSSR count). The van der Waals surface area contributed by atoms with Gasteiger partial charge in [-0.15, -0.1) is 13.2 Å². The molecule has 5 nitrogen and oxygen atoms in total. The first-order valence-electron chi connectivity index (χ1n) is 7.50. The largest absolute Gasteiger partial charge is 0.573 e. The second-order valence-corrected chi connectivity index (χ2v) is 5.83. The molecule has 0 amide bonds. The van der Waals surface area contributed by atoms with Gasteiger partial charge in [0.25, 0.3) is 0 Å². The molecule has 0 saturated heterocycles. The first-order chi connectivity index (χ1) is 12.2. The smallest absolute Gasteiger partial charge is 0.405 e. The van der Waals surface area contributed by atoms with Gasteiger partial charge in [0.1, 0.15) is 28.9 Å². The van der Waals surface area contributed by atoms with Gasteiger partial charge in [-0.25, -0.2) is 14.4 Å². The zero-order valence-electron chi connectivity index (χ0n) is 13.4. The number of nitrogens with one attached hydrogen (secondary N) is 1. The summed E-state index contributed by atoms with van der Waals surface area (Å²) in [4.78, 5) is 7.74. The molecular formula is C16H13ClF4N4O. The van der Waals surface area contributed by atoms with Crippen molar-refractivity contribution >= 4 is 28.3 Å². The lowest BCUT2D eigenvalue weighted by Crippen LogP contribution is -2.17. The van der Waals surface area contributed by atoms with Crippen LogP contribution in [0.25, 0.3) is 10.9 Å². The minimum absolute atomic E-state index is 0.0479. The molecule has 26 heavy (non-hydrogen) atoms. The maximum atomic E-state index is 14.3. The first kappa shape index (κ1) is 18.2. The summed E-state index contributed by atoms with van der Waals surface area (Å²) in [6.07, 6.45) is -3.56. The van der Waals surface area contributed by atoms with Crippen LogP contribution in [0.1, 0.15) is 5.69 Å². The Morgan fingerprint density at radius 3 is 2.69 bits per heavy atom. The molecular weight excluding hydrogens is 376 g/mol. The number of benzene rings is 1. The molecule has 0 bridgehead atoms. The molecule has 0 aliphatic rings. The van der Waals surface area contributed by atoms with Crippen molar-refractivity contribution in [1.29, 1.82) is 0 Å². The Bertz CT molecular complexity index is 942. The van der Waals surface area contributed by atoms with Gasteiger partial charge < -0.3 is 14.6 Å². The van der Waals surface area contributed by atoms with Gasteiger partial charge in [0.2, 0.25) is 0 Å². The molecule has 2 heterocycles. The lowest BCUT2D eigenvalue weighted by Gasteiger charge is -2.12. The van der Waals surface area contributed by atoms with Crippen molar-refractivity contribution in [3.63, 3.8) is 0 Å². The highest BCUT2D eigenvalue weighted by molar-refractivity contribution is 6.29. The Balaban J connectivity index is 1.86. The van der Waals surface area contributed by atoms with Crippen LogP contribution in [0.2, 0.25) is 5.15 Å². The van der Waals surface area contributed by atoms with E-state index in [2.05, 4.69) is 20.0 Å². The summed E-state index contributed by atoms with van der Waals surface area (Å²) in [6.45, 7) is 2.32. The number of halogens is 5. The van der Waals surface area contributed by atoms with Crippen molar-refractivity contribution < 1.29 is 22.3 Å². The van der Waals surface area contributed by atoms with Crippen molar-refractivity contribution in [3.05, 3.63) is 47.3 Å². The van der Waals surface area contributed by atoms with E-state index >= 15 is 0 Å². The van der Waals surface area contributed by atoms with E-state index in [4.69, 9.17) is 11.6 Å². The fourth-order valence-electron chi connectivity index (χ4n) is 2.67. The van der Waals surface area contributed by atoms with Crippen LogP contribution in [0, 0.1) is 12.7 Å². The predicted molar refractivity (Wildman–Crippen MR) is 88.8 cm³/mol. The molecule has 2 aromatic heterocycles. The highest BCUT2D eigenvalue weighted by Crippen LogP contribution is 2.34. The van der Waals surface area contributed by atoms with E-state index in [0.717, 1.165) is 12.1 Å². The van der Waals surface area contributed by atoms with E-state index in [-0.39, 0.29) is 16.1 Å². The van der Waals surface area contributed by atoms with E-state index < -0.39 is 17.9 Å². The van der Waals surface area contributed by atoms with Gasteiger partial charge >= 0.3 is 6.36 Å². The van der Waals surface area contributed by atoms with Crippen LogP contribution in [0.15, 0.2) is 30.6 Å². The second-order valence-electron chi connectivity index (χ2n) is 5.45. The van der Waals surface area contributed by atoms with Crippen LogP contribution in [-0.4, -0.2) is 27.4 Å². The number of rotatable bonds is 5. The topological polar surface area (TPSA) is 52.0 Å². The van der Waals surface area contributed by atoms with E-state index in [1.807, 2.05) is 0 Å². The summed E-state index contributed by atoms with van der Waals surface area (Å²) in [5.74, 6) is -0.584. The van der Waals surface area contributed by atoms with Crippen LogP contribution in [0.4, 0.5) is 23.4 Å². The number of aromatic nitrogens is 3. The third-order valence-electron chi connectivity index (χ3n) is 3.68. The quantitative estimate of drug-likeness (QED) is 0.515. The van der Waals surface area contributed by atoms with Crippen molar-refractivity contribution in [2.24, 2.45) is 0 Å². The van der Waals surface area contributed by atoms with Crippen LogP contribution < -0.4 is 10.1 Å². The number of aryl methyl sites for hydroxylation is 1. The number of alkyl halides is 3. The molecule has 0 aliphatic heterocycles. The summed E-state index contributed by atoms with van der Waals surface area (Å²) in [5.41, 5.74) is 0.645. The van der Waals surface area contributed by atoms with Crippen molar-refractivity contribution in [2.45, 2.75) is 19.8 Å². The zero-order valence-corrected chi connectivity index (χ0v) is 14.2. The molecule has 0 unspecified atom stereocenters. The third-order valence-corrected chi connectivity index (χ3v) is 3.88. The van der Waals surface area contributed by atoms with Crippen molar-refractivity contribution in [1.82, 2.24) is 14.5 Å². The maximum absolute atomic E-state index is 14.3. The number of ether oxygens (including phenoxy) is 1. The monoisotopic (exact) mass is 388 g/mol. The highest BCUT2D eigenvalue weighted by Gasteiger charge is 2.32. The van der Waals surface area contributed by atoms with Crippen LogP contribution in [0.5, 0.6) is 5.75 Å². The van der Waals surface area contributed by atoms with Crippen molar-refractivity contribution in [2.75, 3.05) is 11.9 Å². The Morgan fingerprint density at radius 2 is 2.00 bits per heavy atom. The van der Waals surface area contributed by atoms with Gasteiger partial charge in [-0.05, 0) is 25.1 Å². The van der Waals surface area contributed by atoms with E-state index in [1.54, 1.807) is 11.5 Å². The van der Waals surface area contributed by atoms with Gasteiger partial charge in [0.05, 0.1) is 5.52 Å². The molecule has 0 spiro atoms. The highest BCUT2D eigenvalue weighted by atomic mass is 35.5. The van der Waals surface area contributed by atoms with Crippen LogP contribution in [-0.2, 0) is 6.54 Å². The van der Waals surface area contributed by atoms with Gasteiger partial charge in [0.15, 0.2) is 0 Å². The number of nitrogens with zero attached hydrogens (tertiary/aromatic N) is 3. The molecule has 138 valence electrons. The molecule has 0 radical (unpaired) electrons. The van der Waals surface area contributed by atoms with E-state index in [0.29, 0.717) is 24.6 Å². The molecule has 1 aromatic carbocycles. The minimum Gasteiger partial charge on any atom is -0.405 e. The summed E-state index contributed by atoms with van der Waals surface area (Å²) >= 11 is 5.77. The summed E-state index contributed by atoms with van der Waals surface area (Å²) in [7, 11) is 0.